The second-order valence-electron chi connectivity index (χ2n) is 6.24. The van der Waals surface area contributed by atoms with Crippen molar-refractivity contribution in [3.05, 3.63) is 0 Å². The van der Waals surface area contributed by atoms with E-state index in [4.69, 9.17) is 5.73 Å². The van der Waals surface area contributed by atoms with Crippen LogP contribution in [-0.4, -0.2) is 55.1 Å². The zero-order valence-corrected chi connectivity index (χ0v) is 12.3. The Hall–Kier alpha value is -0.120. The molecule has 1 saturated heterocycles. The van der Waals surface area contributed by atoms with Gasteiger partial charge in [0.05, 0.1) is 0 Å². The molecule has 1 aliphatic carbocycles. The molecule has 0 aromatic carbocycles. The molecule has 1 heterocycles. The molecule has 0 amide bonds. The average Bonchev–Trinajstić information content (AvgIpc) is 2.42. The van der Waals surface area contributed by atoms with Crippen molar-refractivity contribution in [2.75, 3.05) is 33.2 Å². The number of hydrogen-bond donors (Lipinski definition) is 1. The molecule has 0 aromatic heterocycles. The lowest BCUT2D eigenvalue weighted by molar-refractivity contribution is 0.0363. The van der Waals surface area contributed by atoms with E-state index in [2.05, 4.69) is 23.8 Å². The first-order chi connectivity index (χ1) is 8.76. The van der Waals surface area contributed by atoms with Crippen LogP contribution in [0.15, 0.2) is 0 Å². The Balaban J connectivity index is 1.94. The van der Waals surface area contributed by atoms with E-state index >= 15 is 0 Å². The lowest BCUT2D eigenvalue weighted by atomic mass is 9.82. The van der Waals surface area contributed by atoms with Gasteiger partial charge in [0.1, 0.15) is 0 Å². The van der Waals surface area contributed by atoms with E-state index < -0.39 is 0 Å². The highest BCUT2D eigenvalue weighted by Crippen LogP contribution is 2.29. The first kappa shape index (κ1) is 14.3. The van der Waals surface area contributed by atoms with Gasteiger partial charge < -0.3 is 10.6 Å². The Labute approximate surface area is 113 Å². The zero-order chi connectivity index (χ0) is 13.0. The first-order valence-electron chi connectivity index (χ1n) is 7.90. The van der Waals surface area contributed by atoms with Crippen LogP contribution in [0.3, 0.4) is 0 Å². The van der Waals surface area contributed by atoms with Gasteiger partial charge in [0.15, 0.2) is 0 Å². The van der Waals surface area contributed by atoms with Crippen molar-refractivity contribution in [3.8, 4) is 0 Å². The molecule has 18 heavy (non-hydrogen) atoms. The topological polar surface area (TPSA) is 32.5 Å². The molecule has 106 valence electrons. The summed E-state index contributed by atoms with van der Waals surface area (Å²) in [7, 11) is 2.27. The van der Waals surface area contributed by atoms with Crippen LogP contribution in [0.5, 0.6) is 0 Å². The summed E-state index contributed by atoms with van der Waals surface area (Å²) in [5.74, 6) is 0.865. The normalized spacial score (nSPS) is 30.5. The van der Waals surface area contributed by atoms with Crippen molar-refractivity contribution < 1.29 is 0 Å². The van der Waals surface area contributed by atoms with Crippen molar-refractivity contribution in [3.63, 3.8) is 0 Å². The summed E-state index contributed by atoms with van der Waals surface area (Å²) >= 11 is 0. The minimum Gasteiger partial charge on any atom is -0.329 e. The van der Waals surface area contributed by atoms with Gasteiger partial charge in [0.2, 0.25) is 0 Å². The summed E-state index contributed by atoms with van der Waals surface area (Å²) in [6.45, 7) is 6.81. The Morgan fingerprint density at radius 3 is 2.50 bits per heavy atom. The molecule has 2 unspecified atom stereocenters. The molecule has 3 nitrogen and oxygen atoms in total. The molecule has 3 heteroatoms. The third-order valence-electron chi connectivity index (χ3n) is 5.18. The molecule has 0 spiro atoms. The fourth-order valence-electron chi connectivity index (χ4n) is 3.87. The van der Waals surface area contributed by atoms with Crippen LogP contribution in [0.2, 0.25) is 0 Å². The molecular formula is C15H31N3. The highest BCUT2D eigenvalue weighted by Gasteiger charge is 2.32. The fourth-order valence-corrected chi connectivity index (χ4v) is 3.87. The lowest BCUT2D eigenvalue weighted by Crippen LogP contribution is -2.57. The zero-order valence-electron chi connectivity index (χ0n) is 12.3. The predicted molar refractivity (Wildman–Crippen MR) is 77.7 cm³/mol. The van der Waals surface area contributed by atoms with Crippen LogP contribution < -0.4 is 5.73 Å². The Morgan fingerprint density at radius 2 is 1.89 bits per heavy atom. The van der Waals surface area contributed by atoms with E-state index in [1.54, 1.807) is 0 Å². The molecule has 2 fully saturated rings. The van der Waals surface area contributed by atoms with Crippen LogP contribution >= 0.6 is 0 Å². The van der Waals surface area contributed by atoms with E-state index in [0.717, 1.165) is 18.5 Å². The summed E-state index contributed by atoms with van der Waals surface area (Å²) in [6.07, 6.45) is 8.36. The van der Waals surface area contributed by atoms with Crippen LogP contribution in [-0.2, 0) is 0 Å². The minimum absolute atomic E-state index is 0.646. The molecule has 1 aliphatic heterocycles. The first-order valence-corrected chi connectivity index (χ1v) is 7.90. The summed E-state index contributed by atoms with van der Waals surface area (Å²) in [4.78, 5) is 5.22. The van der Waals surface area contributed by atoms with Crippen molar-refractivity contribution >= 4 is 0 Å². The highest BCUT2D eigenvalue weighted by atomic mass is 15.3. The van der Waals surface area contributed by atoms with Crippen LogP contribution in [0.1, 0.15) is 45.4 Å². The third-order valence-corrected chi connectivity index (χ3v) is 5.18. The lowest BCUT2D eigenvalue weighted by Gasteiger charge is -2.45. The van der Waals surface area contributed by atoms with Gasteiger partial charge in [-0.1, -0.05) is 26.2 Å². The summed E-state index contributed by atoms with van der Waals surface area (Å²) < 4.78 is 0. The van der Waals surface area contributed by atoms with E-state index in [1.807, 2.05) is 0 Å². The number of hydrogen-bond acceptors (Lipinski definition) is 3. The maximum Gasteiger partial charge on any atom is 0.0247 e. The molecule has 0 radical (unpaired) electrons. The molecular weight excluding hydrogens is 222 g/mol. The highest BCUT2D eigenvalue weighted by molar-refractivity contribution is 4.88. The average molecular weight is 253 g/mol. The van der Waals surface area contributed by atoms with Crippen molar-refractivity contribution in [2.24, 2.45) is 11.7 Å². The van der Waals surface area contributed by atoms with Crippen molar-refractivity contribution in [1.29, 1.82) is 0 Å². The molecule has 2 N–H and O–H groups in total. The second-order valence-corrected chi connectivity index (χ2v) is 6.24. The van der Waals surface area contributed by atoms with E-state index in [9.17, 15) is 0 Å². The van der Waals surface area contributed by atoms with Crippen molar-refractivity contribution in [1.82, 2.24) is 9.80 Å². The smallest absolute Gasteiger partial charge is 0.0247 e. The maximum absolute atomic E-state index is 6.10. The molecule has 2 rings (SSSR count). The van der Waals surface area contributed by atoms with Gasteiger partial charge in [0, 0.05) is 38.3 Å². The van der Waals surface area contributed by atoms with Gasteiger partial charge in [-0.05, 0) is 32.2 Å². The second kappa shape index (κ2) is 6.88. The summed E-state index contributed by atoms with van der Waals surface area (Å²) in [6, 6.07) is 1.38. The SMILES string of the molecule is CCC1CN(C(CN)C2CCCCC2)CCN1C. The summed E-state index contributed by atoms with van der Waals surface area (Å²) in [5, 5.41) is 0. The van der Waals surface area contributed by atoms with E-state index in [0.29, 0.717) is 6.04 Å². The maximum atomic E-state index is 6.10. The number of piperazine rings is 1. The van der Waals surface area contributed by atoms with Crippen LogP contribution in [0.25, 0.3) is 0 Å². The van der Waals surface area contributed by atoms with Gasteiger partial charge >= 0.3 is 0 Å². The van der Waals surface area contributed by atoms with Crippen LogP contribution in [0.4, 0.5) is 0 Å². The molecule has 2 atom stereocenters. The van der Waals surface area contributed by atoms with Crippen molar-refractivity contribution in [2.45, 2.75) is 57.5 Å². The van der Waals surface area contributed by atoms with Gasteiger partial charge in [-0.25, -0.2) is 0 Å². The number of likely N-dealkylation sites (N-methyl/N-ethyl adjacent to an activating group) is 1. The van der Waals surface area contributed by atoms with Gasteiger partial charge in [0.25, 0.3) is 0 Å². The largest absolute Gasteiger partial charge is 0.329 e. The number of nitrogens with zero attached hydrogens (tertiary/aromatic N) is 2. The fraction of sp³-hybridized carbons (Fsp3) is 1.00. The molecule has 2 aliphatic rings. The molecule has 0 aromatic rings. The van der Waals surface area contributed by atoms with Gasteiger partial charge in [-0.3, -0.25) is 4.90 Å². The van der Waals surface area contributed by atoms with Gasteiger partial charge in [-0.2, -0.15) is 0 Å². The molecule has 1 saturated carbocycles. The third kappa shape index (κ3) is 3.25. The van der Waals surface area contributed by atoms with E-state index in [-0.39, 0.29) is 0 Å². The molecule has 0 bridgehead atoms. The Bertz CT molecular complexity index is 238. The predicted octanol–water partition coefficient (Wildman–Crippen LogP) is 1.92. The number of rotatable bonds is 4. The van der Waals surface area contributed by atoms with Crippen LogP contribution in [0, 0.1) is 5.92 Å². The minimum atomic E-state index is 0.646. The summed E-state index contributed by atoms with van der Waals surface area (Å²) in [5.41, 5.74) is 6.10. The van der Waals surface area contributed by atoms with E-state index in [1.165, 1.54) is 58.2 Å². The standard InChI is InChI=1S/C15H31N3/c1-3-14-12-18(10-9-17(14)2)15(11-16)13-7-5-4-6-8-13/h13-15H,3-12,16H2,1-2H3. The monoisotopic (exact) mass is 253 g/mol. The van der Waals surface area contributed by atoms with Gasteiger partial charge in [-0.15, -0.1) is 0 Å². The quantitative estimate of drug-likeness (QED) is 0.831. The Kier molecular flexibility index (Phi) is 5.46. The number of nitrogens with two attached hydrogens (primary N) is 1. The Morgan fingerprint density at radius 1 is 1.17 bits per heavy atom.